The molecule has 0 fully saturated rings. The third-order valence-electron chi connectivity index (χ3n) is 5.91. The zero-order valence-corrected chi connectivity index (χ0v) is 23.3. The van der Waals surface area contributed by atoms with E-state index < -0.39 is 16.2 Å². The maximum atomic E-state index is 12.5. The Morgan fingerprint density at radius 2 is 1.20 bits per heavy atom. The van der Waals surface area contributed by atoms with Gasteiger partial charge in [0.05, 0.1) is 31.3 Å². The lowest BCUT2D eigenvalue weighted by Gasteiger charge is -2.20. The van der Waals surface area contributed by atoms with Crippen molar-refractivity contribution in [2.45, 2.75) is 31.1 Å². The molecule has 0 N–H and O–H groups in total. The van der Waals surface area contributed by atoms with Crippen molar-refractivity contribution in [1.82, 2.24) is 0 Å². The highest BCUT2D eigenvalue weighted by Crippen LogP contribution is 2.27. The van der Waals surface area contributed by atoms with Crippen molar-refractivity contribution in [3.05, 3.63) is 126 Å². The van der Waals surface area contributed by atoms with Crippen molar-refractivity contribution >= 4 is 10.1 Å². The molecule has 0 heterocycles. The van der Waals surface area contributed by atoms with Gasteiger partial charge in [-0.1, -0.05) is 90.5 Å². The van der Waals surface area contributed by atoms with Gasteiger partial charge in [-0.2, -0.15) is 8.42 Å². The Labute approximate surface area is 236 Å². The van der Waals surface area contributed by atoms with Gasteiger partial charge in [0.25, 0.3) is 10.1 Å². The average Bonchev–Trinajstić information content (AvgIpc) is 2.98. The second kappa shape index (κ2) is 15.2. The first kappa shape index (κ1) is 29.3. The monoisotopic (exact) mass is 562 g/mol. The van der Waals surface area contributed by atoms with Crippen LogP contribution < -0.4 is 9.47 Å². The van der Waals surface area contributed by atoms with Crippen LogP contribution in [-0.4, -0.2) is 40.9 Å². The Morgan fingerprint density at radius 3 is 1.85 bits per heavy atom. The van der Waals surface area contributed by atoms with E-state index in [0.717, 1.165) is 16.7 Å². The molecule has 0 aliphatic heterocycles. The van der Waals surface area contributed by atoms with E-state index in [-0.39, 0.29) is 31.3 Å². The quantitative estimate of drug-likeness (QED) is 0.123. The number of para-hydroxylation sites is 2. The average molecular weight is 563 g/mol. The third-order valence-corrected chi connectivity index (χ3v) is 7.24. The SMILES string of the molecule is Cc1ccc(S(=O)(=O)OCCOC(COCc2ccccc2)COc2ccccc2OCc2ccccc2)cc1. The van der Waals surface area contributed by atoms with E-state index in [4.69, 9.17) is 23.1 Å². The molecule has 4 rings (SSSR count). The van der Waals surface area contributed by atoms with Crippen LogP contribution in [0.1, 0.15) is 16.7 Å². The van der Waals surface area contributed by atoms with Gasteiger partial charge in [0.15, 0.2) is 11.5 Å². The minimum Gasteiger partial charge on any atom is -0.487 e. The fraction of sp³-hybridized carbons (Fsp3) is 0.250. The maximum absolute atomic E-state index is 12.5. The van der Waals surface area contributed by atoms with E-state index in [0.29, 0.717) is 24.7 Å². The van der Waals surface area contributed by atoms with E-state index in [2.05, 4.69) is 0 Å². The predicted octanol–water partition coefficient (Wildman–Crippen LogP) is 5.96. The summed E-state index contributed by atoms with van der Waals surface area (Å²) in [6.07, 6.45) is -0.475. The largest absolute Gasteiger partial charge is 0.487 e. The lowest BCUT2D eigenvalue weighted by molar-refractivity contribution is -0.0482. The molecule has 8 heteroatoms. The van der Waals surface area contributed by atoms with E-state index >= 15 is 0 Å². The van der Waals surface area contributed by atoms with Crippen molar-refractivity contribution < 1.29 is 31.5 Å². The number of aryl methyl sites for hydroxylation is 1. The van der Waals surface area contributed by atoms with Gasteiger partial charge < -0.3 is 18.9 Å². The first-order valence-corrected chi connectivity index (χ1v) is 14.5. The zero-order valence-electron chi connectivity index (χ0n) is 22.5. The molecule has 0 spiro atoms. The molecule has 1 atom stereocenters. The van der Waals surface area contributed by atoms with Gasteiger partial charge >= 0.3 is 0 Å². The van der Waals surface area contributed by atoms with E-state index in [1.54, 1.807) is 12.1 Å². The Morgan fingerprint density at radius 1 is 0.625 bits per heavy atom. The summed E-state index contributed by atoms with van der Waals surface area (Å²) in [5.41, 5.74) is 3.05. The van der Waals surface area contributed by atoms with Gasteiger partial charge in [-0.3, -0.25) is 4.18 Å². The second-order valence-electron chi connectivity index (χ2n) is 9.11. The summed E-state index contributed by atoms with van der Waals surface area (Å²) in [6, 6.07) is 33.7. The summed E-state index contributed by atoms with van der Waals surface area (Å²) in [5, 5.41) is 0. The second-order valence-corrected chi connectivity index (χ2v) is 10.7. The van der Waals surface area contributed by atoms with Crippen LogP contribution in [0.5, 0.6) is 11.5 Å². The maximum Gasteiger partial charge on any atom is 0.297 e. The van der Waals surface area contributed by atoms with Crippen LogP contribution in [0.3, 0.4) is 0 Å². The molecule has 40 heavy (non-hydrogen) atoms. The molecule has 0 saturated carbocycles. The lowest BCUT2D eigenvalue weighted by Crippen LogP contribution is -2.29. The minimum absolute atomic E-state index is 0.0416. The van der Waals surface area contributed by atoms with E-state index in [1.807, 2.05) is 91.9 Å². The third kappa shape index (κ3) is 9.50. The normalized spacial score (nSPS) is 12.1. The summed E-state index contributed by atoms with van der Waals surface area (Å²) in [7, 11) is -3.88. The van der Waals surface area contributed by atoms with Crippen LogP contribution >= 0.6 is 0 Å². The highest BCUT2D eigenvalue weighted by molar-refractivity contribution is 7.86. The van der Waals surface area contributed by atoms with Crippen molar-refractivity contribution in [2.24, 2.45) is 0 Å². The van der Waals surface area contributed by atoms with Crippen molar-refractivity contribution in [3.8, 4) is 11.5 Å². The predicted molar refractivity (Wildman–Crippen MR) is 153 cm³/mol. The Bertz CT molecular complexity index is 1390. The first-order valence-electron chi connectivity index (χ1n) is 13.1. The first-order chi connectivity index (χ1) is 19.5. The molecule has 0 aliphatic rings. The molecule has 0 aliphatic carbocycles. The van der Waals surface area contributed by atoms with Crippen LogP contribution in [-0.2, 0) is 37.0 Å². The van der Waals surface area contributed by atoms with Gasteiger partial charge in [-0.25, -0.2) is 0 Å². The van der Waals surface area contributed by atoms with Crippen LogP contribution in [0, 0.1) is 6.92 Å². The summed E-state index contributed by atoms with van der Waals surface area (Å²) < 4.78 is 54.1. The molecule has 0 bridgehead atoms. The molecule has 0 saturated heterocycles. The number of hydrogen-bond acceptors (Lipinski definition) is 7. The molecule has 7 nitrogen and oxygen atoms in total. The fourth-order valence-electron chi connectivity index (χ4n) is 3.76. The zero-order chi connectivity index (χ0) is 28.0. The molecular weight excluding hydrogens is 528 g/mol. The van der Waals surface area contributed by atoms with Crippen molar-refractivity contribution in [1.29, 1.82) is 0 Å². The van der Waals surface area contributed by atoms with Crippen LogP contribution in [0.4, 0.5) is 0 Å². The number of hydrogen-bond donors (Lipinski definition) is 0. The smallest absolute Gasteiger partial charge is 0.297 e. The van der Waals surface area contributed by atoms with Gasteiger partial charge in [-0.05, 0) is 42.3 Å². The fourth-order valence-corrected chi connectivity index (χ4v) is 4.66. The highest BCUT2D eigenvalue weighted by Gasteiger charge is 2.17. The molecule has 0 amide bonds. The summed E-state index contributed by atoms with van der Waals surface area (Å²) in [5.74, 6) is 1.19. The number of rotatable bonds is 16. The highest BCUT2D eigenvalue weighted by atomic mass is 32.2. The molecular formula is C32H34O7S. The summed E-state index contributed by atoms with van der Waals surface area (Å²) >= 11 is 0. The standard InChI is InChI=1S/C32H34O7S/c1-26-16-18-30(19-17-26)40(33,34)39-21-20-36-29(24-35-22-27-10-4-2-5-11-27)25-38-32-15-9-8-14-31(32)37-23-28-12-6-3-7-13-28/h2-19,29H,20-25H2,1H3. The van der Waals surface area contributed by atoms with Gasteiger partial charge in [0.1, 0.15) is 19.3 Å². The molecule has 0 radical (unpaired) electrons. The van der Waals surface area contributed by atoms with E-state index in [1.165, 1.54) is 12.1 Å². The summed E-state index contributed by atoms with van der Waals surface area (Å²) in [4.78, 5) is 0.108. The molecule has 210 valence electrons. The molecule has 0 aromatic heterocycles. The van der Waals surface area contributed by atoms with Crippen LogP contribution in [0.2, 0.25) is 0 Å². The van der Waals surface area contributed by atoms with Gasteiger partial charge in [-0.15, -0.1) is 0 Å². The molecule has 4 aromatic rings. The van der Waals surface area contributed by atoms with Gasteiger partial charge in [0.2, 0.25) is 0 Å². The number of ether oxygens (including phenoxy) is 4. The van der Waals surface area contributed by atoms with E-state index in [9.17, 15) is 8.42 Å². The Balaban J connectivity index is 1.32. The topological polar surface area (TPSA) is 80.3 Å². The molecule has 4 aromatic carbocycles. The summed E-state index contributed by atoms with van der Waals surface area (Å²) in [6.45, 7) is 3.03. The Kier molecular flexibility index (Phi) is 11.1. The van der Waals surface area contributed by atoms with Gasteiger partial charge in [0, 0.05) is 0 Å². The van der Waals surface area contributed by atoms with Crippen molar-refractivity contribution in [2.75, 3.05) is 26.4 Å². The Hall–Kier alpha value is -3.69. The van der Waals surface area contributed by atoms with Crippen LogP contribution in [0.25, 0.3) is 0 Å². The lowest BCUT2D eigenvalue weighted by atomic mass is 10.2. The van der Waals surface area contributed by atoms with Crippen LogP contribution in [0.15, 0.2) is 114 Å². The van der Waals surface area contributed by atoms with Crippen molar-refractivity contribution in [3.63, 3.8) is 0 Å². The minimum atomic E-state index is -3.88. The number of benzene rings is 4. The molecule has 1 unspecified atom stereocenters.